The fourth-order valence-electron chi connectivity index (χ4n) is 1.14. The summed E-state index contributed by atoms with van der Waals surface area (Å²) in [6.07, 6.45) is 2.94. The zero-order chi connectivity index (χ0) is 13.7. The predicted octanol–water partition coefficient (Wildman–Crippen LogP) is 1.07. The third-order valence-electron chi connectivity index (χ3n) is 2.45. The number of nitriles is 1. The standard InChI is InChI=1S/C11H19N7/c1-6-8(2)13-9-14-10(17(3)4)16-11(15-9)18(5)7-12/h8H,6H2,1-5H3,(H,13,14,15,16)/t8-/m0/s1. The molecule has 0 unspecified atom stereocenters. The molecular weight excluding hydrogens is 230 g/mol. The van der Waals surface area contributed by atoms with Crippen molar-refractivity contribution in [2.45, 2.75) is 26.3 Å². The smallest absolute Gasteiger partial charge is 0.245 e. The van der Waals surface area contributed by atoms with E-state index in [1.165, 1.54) is 4.90 Å². The molecule has 7 heteroatoms. The van der Waals surface area contributed by atoms with Crippen LogP contribution in [-0.4, -0.2) is 42.1 Å². The van der Waals surface area contributed by atoms with Crippen molar-refractivity contribution in [2.75, 3.05) is 36.3 Å². The fourth-order valence-corrected chi connectivity index (χ4v) is 1.14. The maximum atomic E-state index is 8.88. The number of aromatic nitrogens is 3. The van der Waals surface area contributed by atoms with Crippen molar-refractivity contribution in [3.05, 3.63) is 0 Å². The third-order valence-corrected chi connectivity index (χ3v) is 2.45. The van der Waals surface area contributed by atoms with Gasteiger partial charge in [0.2, 0.25) is 17.8 Å². The van der Waals surface area contributed by atoms with Gasteiger partial charge in [-0.15, -0.1) is 0 Å². The largest absolute Gasteiger partial charge is 0.352 e. The van der Waals surface area contributed by atoms with E-state index >= 15 is 0 Å². The van der Waals surface area contributed by atoms with Crippen LogP contribution in [0.3, 0.4) is 0 Å². The highest BCUT2D eigenvalue weighted by Crippen LogP contribution is 2.14. The molecule has 0 aliphatic carbocycles. The molecule has 18 heavy (non-hydrogen) atoms. The van der Waals surface area contributed by atoms with Crippen molar-refractivity contribution in [3.63, 3.8) is 0 Å². The monoisotopic (exact) mass is 249 g/mol. The Kier molecular flexibility index (Phi) is 4.66. The number of anilines is 3. The zero-order valence-electron chi connectivity index (χ0n) is 11.5. The molecule has 0 saturated heterocycles. The Bertz CT molecular complexity index is 438. The maximum Gasteiger partial charge on any atom is 0.245 e. The summed E-state index contributed by atoms with van der Waals surface area (Å²) in [5.74, 6) is 1.34. The molecule has 0 aliphatic rings. The second kappa shape index (κ2) is 6.00. The van der Waals surface area contributed by atoms with Crippen LogP contribution >= 0.6 is 0 Å². The highest BCUT2D eigenvalue weighted by molar-refractivity contribution is 5.46. The highest BCUT2D eigenvalue weighted by Gasteiger charge is 2.12. The summed E-state index contributed by atoms with van der Waals surface area (Å²) in [5, 5.41) is 12.1. The van der Waals surface area contributed by atoms with E-state index in [0.717, 1.165) is 6.42 Å². The Balaban J connectivity index is 3.10. The minimum Gasteiger partial charge on any atom is -0.352 e. The summed E-state index contributed by atoms with van der Waals surface area (Å²) in [4.78, 5) is 15.8. The molecule has 1 aromatic heterocycles. The number of hydrogen-bond acceptors (Lipinski definition) is 7. The van der Waals surface area contributed by atoms with E-state index in [9.17, 15) is 0 Å². The first-order valence-corrected chi connectivity index (χ1v) is 5.81. The molecule has 1 heterocycles. The molecule has 7 nitrogen and oxygen atoms in total. The molecule has 0 aliphatic heterocycles. The molecule has 0 saturated carbocycles. The third kappa shape index (κ3) is 3.45. The molecule has 1 aromatic rings. The highest BCUT2D eigenvalue weighted by atomic mass is 15.3. The Morgan fingerprint density at radius 1 is 1.22 bits per heavy atom. The SMILES string of the molecule is CC[C@H](C)Nc1nc(N(C)C)nc(N(C)C#N)n1. The van der Waals surface area contributed by atoms with Crippen LogP contribution in [-0.2, 0) is 0 Å². The van der Waals surface area contributed by atoms with Gasteiger partial charge >= 0.3 is 0 Å². The van der Waals surface area contributed by atoms with Crippen LogP contribution in [0.5, 0.6) is 0 Å². The number of nitrogens with one attached hydrogen (secondary N) is 1. The predicted molar refractivity (Wildman–Crippen MR) is 71.5 cm³/mol. The number of nitrogens with zero attached hydrogens (tertiary/aromatic N) is 6. The van der Waals surface area contributed by atoms with Crippen LogP contribution in [0, 0.1) is 11.5 Å². The lowest BCUT2D eigenvalue weighted by molar-refractivity contribution is 0.749. The van der Waals surface area contributed by atoms with Gasteiger partial charge in [-0.05, 0) is 13.3 Å². The lowest BCUT2D eigenvalue weighted by Gasteiger charge is -2.17. The van der Waals surface area contributed by atoms with Crippen molar-refractivity contribution in [1.29, 1.82) is 5.26 Å². The molecular formula is C11H19N7. The molecule has 0 spiro atoms. The van der Waals surface area contributed by atoms with E-state index in [-0.39, 0.29) is 6.04 Å². The molecule has 0 bridgehead atoms. The Morgan fingerprint density at radius 2 is 1.83 bits per heavy atom. The van der Waals surface area contributed by atoms with Gasteiger partial charge in [0.1, 0.15) is 0 Å². The van der Waals surface area contributed by atoms with Gasteiger partial charge in [0.25, 0.3) is 0 Å². The Labute approximate surface area is 107 Å². The van der Waals surface area contributed by atoms with Crippen LogP contribution in [0.25, 0.3) is 0 Å². The van der Waals surface area contributed by atoms with Crippen molar-refractivity contribution < 1.29 is 0 Å². The lowest BCUT2D eigenvalue weighted by Crippen LogP contribution is -2.22. The summed E-state index contributed by atoms with van der Waals surface area (Å²) < 4.78 is 0. The van der Waals surface area contributed by atoms with Crippen molar-refractivity contribution >= 4 is 17.8 Å². The van der Waals surface area contributed by atoms with Crippen molar-refractivity contribution in [2.24, 2.45) is 0 Å². The molecule has 0 radical (unpaired) electrons. The van der Waals surface area contributed by atoms with Crippen LogP contribution in [0.2, 0.25) is 0 Å². The van der Waals surface area contributed by atoms with Crippen LogP contribution in [0.1, 0.15) is 20.3 Å². The summed E-state index contributed by atoms with van der Waals surface area (Å²) in [6.45, 7) is 4.13. The second-order valence-electron chi connectivity index (χ2n) is 4.27. The number of hydrogen-bond donors (Lipinski definition) is 1. The molecule has 1 rings (SSSR count). The first kappa shape index (κ1) is 14.0. The van der Waals surface area contributed by atoms with E-state index in [2.05, 4.69) is 27.2 Å². The van der Waals surface area contributed by atoms with Crippen molar-refractivity contribution in [1.82, 2.24) is 15.0 Å². The van der Waals surface area contributed by atoms with Crippen molar-refractivity contribution in [3.8, 4) is 6.19 Å². The van der Waals surface area contributed by atoms with Gasteiger partial charge in [-0.25, -0.2) is 0 Å². The van der Waals surface area contributed by atoms with Gasteiger partial charge in [-0.1, -0.05) is 6.92 Å². The molecule has 0 aromatic carbocycles. The molecule has 1 N–H and O–H groups in total. The molecule has 0 amide bonds. The zero-order valence-corrected chi connectivity index (χ0v) is 11.5. The van der Waals surface area contributed by atoms with Gasteiger partial charge in [-0.2, -0.15) is 20.2 Å². The van der Waals surface area contributed by atoms with Gasteiger partial charge in [0.05, 0.1) is 0 Å². The van der Waals surface area contributed by atoms with E-state index < -0.39 is 0 Å². The summed E-state index contributed by atoms with van der Waals surface area (Å²) >= 11 is 0. The maximum absolute atomic E-state index is 8.88. The minimum absolute atomic E-state index is 0.266. The topological polar surface area (TPSA) is 81.0 Å². The first-order valence-electron chi connectivity index (χ1n) is 5.81. The molecule has 0 fully saturated rings. The van der Waals surface area contributed by atoms with E-state index in [4.69, 9.17) is 5.26 Å². The summed E-state index contributed by atoms with van der Waals surface area (Å²) in [7, 11) is 5.30. The Hall–Kier alpha value is -2.10. The minimum atomic E-state index is 0.266. The van der Waals surface area contributed by atoms with E-state index in [1.54, 1.807) is 11.9 Å². The first-order chi connectivity index (χ1) is 8.47. The Morgan fingerprint density at radius 3 is 2.33 bits per heavy atom. The van der Waals surface area contributed by atoms with Gasteiger partial charge in [0, 0.05) is 27.2 Å². The summed E-state index contributed by atoms with van der Waals surface area (Å²) in [5.41, 5.74) is 0. The van der Waals surface area contributed by atoms with Crippen LogP contribution in [0.4, 0.5) is 17.8 Å². The van der Waals surface area contributed by atoms with Gasteiger partial charge < -0.3 is 10.2 Å². The average molecular weight is 249 g/mol. The van der Waals surface area contributed by atoms with Gasteiger partial charge in [0.15, 0.2) is 6.19 Å². The fraction of sp³-hybridized carbons (Fsp3) is 0.636. The average Bonchev–Trinajstić information content (AvgIpc) is 2.37. The normalized spacial score (nSPS) is 11.6. The second-order valence-corrected chi connectivity index (χ2v) is 4.27. The molecule has 98 valence electrons. The quantitative estimate of drug-likeness (QED) is 0.617. The molecule has 1 atom stereocenters. The van der Waals surface area contributed by atoms with Crippen LogP contribution < -0.4 is 15.1 Å². The number of rotatable bonds is 5. The van der Waals surface area contributed by atoms with E-state index in [0.29, 0.717) is 17.8 Å². The van der Waals surface area contributed by atoms with E-state index in [1.807, 2.05) is 27.2 Å². The van der Waals surface area contributed by atoms with Crippen LogP contribution in [0.15, 0.2) is 0 Å². The summed E-state index contributed by atoms with van der Waals surface area (Å²) in [6, 6.07) is 0.266. The van der Waals surface area contributed by atoms with Gasteiger partial charge in [-0.3, -0.25) is 4.90 Å². The lowest BCUT2D eigenvalue weighted by atomic mass is 10.3.